The maximum Gasteiger partial charge on any atom is 0.259 e. The van der Waals surface area contributed by atoms with Crippen molar-refractivity contribution in [1.29, 1.82) is 0 Å². The fourth-order valence-corrected chi connectivity index (χ4v) is 3.00. The zero-order valence-electron chi connectivity index (χ0n) is 9.30. The van der Waals surface area contributed by atoms with Crippen molar-refractivity contribution in [3.63, 3.8) is 0 Å². The van der Waals surface area contributed by atoms with Gasteiger partial charge in [-0.25, -0.2) is 0 Å². The van der Waals surface area contributed by atoms with Gasteiger partial charge >= 0.3 is 0 Å². The fourth-order valence-electron chi connectivity index (χ4n) is 1.78. The van der Waals surface area contributed by atoms with E-state index in [0.717, 1.165) is 16.0 Å². The third kappa shape index (κ3) is 1.36. The molecule has 3 N–H and O–H groups in total. The minimum Gasteiger partial charge on any atom is -0.365 e. The molecule has 84 valence electrons. The average Bonchev–Trinajstić information content (AvgIpc) is 2.53. The average molecular weight is 236 g/mol. The second-order valence-electron chi connectivity index (χ2n) is 3.83. The number of aromatic nitrogens is 1. The third-order valence-electron chi connectivity index (χ3n) is 2.80. The molecule has 0 aliphatic heterocycles. The number of H-pyrrole nitrogens is 1. The van der Waals surface area contributed by atoms with E-state index in [0.29, 0.717) is 15.8 Å². The van der Waals surface area contributed by atoms with Gasteiger partial charge in [0, 0.05) is 10.4 Å². The van der Waals surface area contributed by atoms with Gasteiger partial charge in [0.2, 0.25) is 0 Å². The number of pyridine rings is 1. The lowest BCUT2D eigenvalue weighted by Gasteiger charge is -2.00. The van der Waals surface area contributed by atoms with Crippen LogP contribution >= 0.6 is 11.3 Å². The van der Waals surface area contributed by atoms with Crippen LogP contribution in [0.3, 0.4) is 0 Å². The number of amides is 1. The fraction of sp³-hybridized carbons (Fsp3) is 0.273. The summed E-state index contributed by atoms with van der Waals surface area (Å²) in [7, 11) is 0. The van der Waals surface area contributed by atoms with Crippen LogP contribution in [-0.4, -0.2) is 10.9 Å². The first-order valence-corrected chi connectivity index (χ1v) is 5.67. The van der Waals surface area contributed by atoms with Crippen molar-refractivity contribution >= 4 is 27.3 Å². The third-order valence-corrected chi connectivity index (χ3v) is 4.23. The number of fused-ring (bicyclic) bond motifs is 1. The summed E-state index contributed by atoms with van der Waals surface area (Å²) in [6.07, 6.45) is 0. The maximum absolute atomic E-state index is 11.8. The number of aromatic amines is 1. The van der Waals surface area contributed by atoms with Gasteiger partial charge in [-0.3, -0.25) is 9.59 Å². The van der Waals surface area contributed by atoms with Crippen LogP contribution in [0.15, 0.2) is 4.79 Å². The summed E-state index contributed by atoms with van der Waals surface area (Å²) in [5.74, 6) is -0.477. The summed E-state index contributed by atoms with van der Waals surface area (Å²) >= 11 is 1.29. The van der Waals surface area contributed by atoms with Gasteiger partial charge in [0.25, 0.3) is 11.5 Å². The number of carbonyl (C=O) groups excluding carboxylic acids is 1. The van der Waals surface area contributed by atoms with Gasteiger partial charge in [-0.1, -0.05) is 0 Å². The van der Waals surface area contributed by atoms with Crippen LogP contribution in [0.4, 0.5) is 0 Å². The molecular formula is C11H12N2O2S. The highest BCUT2D eigenvalue weighted by atomic mass is 32.1. The molecule has 2 aromatic rings. The number of aryl methyl sites for hydroxylation is 3. The molecule has 0 unspecified atom stereocenters. The Morgan fingerprint density at radius 1 is 1.25 bits per heavy atom. The number of hydrogen-bond donors (Lipinski definition) is 2. The van der Waals surface area contributed by atoms with E-state index in [9.17, 15) is 9.59 Å². The van der Waals surface area contributed by atoms with Crippen LogP contribution < -0.4 is 11.3 Å². The minimum atomic E-state index is -0.477. The van der Waals surface area contributed by atoms with Crippen molar-refractivity contribution in [1.82, 2.24) is 4.98 Å². The Kier molecular flexibility index (Phi) is 2.35. The van der Waals surface area contributed by atoms with E-state index in [1.54, 1.807) is 6.92 Å². The molecule has 0 bridgehead atoms. The number of hydrogen-bond acceptors (Lipinski definition) is 3. The summed E-state index contributed by atoms with van der Waals surface area (Å²) in [5.41, 5.74) is 7.62. The van der Waals surface area contributed by atoms with Crippen molar-refractivity contribution in [3.05, 3.63) is 32.1 Å². The van der Waals surface area contributed by atoms with E-state index in [2.05, 4.69) is 4.98 Å². The molecular weight excluding hydrogens is 224 g/mol. The molecule has 5 heteroatoms. The second-order valence-corrected chi connectivity index (χ2v) is 4.85. The highest BCUT2D eigenvalue weighted by molar-refractivity contribution is 7.21. The molecule has 2 aromatic heterocycles. The lowest BCUT2D eigenvalue weighted by molar-refractivity contribution is 0.100. The van der Waals surface area contributed by atoms with Crippen LogP contribution in [0.2, 0.25) is 0 Å². The molecule has 0 spiro atoms. The van der Waals surface area contributed by atoms with Crippen molar-refractivity contribution in [2.45, 2.75) is 20.8 Å². The quantitative estimate of drug-likeness (QED) is 0.789. The number of carbonyl (C=O) groups is 1. The van der Waals surface area contributed by atoms with Crippen LogP contribution in [0.25, 0.3) is 10.1 Å². The summed E-state index contributed by atoms with van der Waals surface area (Å²) in [5, 5.41) is 0.585. The second kappa shape index (κ2) is 3.45. The Labute approximate surface area is 96.1 Å². The lowest BCUT2D eigenvalue weighted by atomic mass is 10.1. The van der Waals surface area contributed by atoms with Gasteiger partial charge in [-0.05, 0) is 31.9 Å². The smallest absolute Gasteiger partial charge is 0.259 e. The zero-order chi connectivity index (χ0) is 12.0. The first kappa shape index (κ1) is 10.9. The summed E-state index contributed by atoms with van der Waals surface area (Å²) in [6, 6.07) is 0. The van der Waals surface area contributed by atoms with Crippen molar-refractivity contribution in [3.8, 4) is 0 Å². The Morgan fingerprint density at radius 2 is 1.88 bits per heavy atom. The topological polar surface area (TPSA) is 75.9 Å². The van der Waals surface area contributed by atoms with Crippen molar-refractivity contribution in [2.24, 2.45) is 5.73 Å². The zero-order valence-corrected chi connectivity index (χ0v) is 10.1. The molecule has 16 heavy (non-hydrogen) atoms. The SMILES string of the molecule is Cc1[nH]c(=O)c2c(C)c(C(N)=O)sc2c1C. The van der Waals surface area contributed by atoms with E-state index in [4.69, 9.17) is 5.73 Å². The Morgan fingerprint density at radius 3 is 2.44 bits per heavy atom. The van der Waals surface area contributed by atoms with Gasteiger partial charge in [0.05, 0.1) is 10.3 Å². The van der Waals surface area contributed by atoms with Crippen LogP contribution in [-0.2, 0) is 0 Å². The normalized spacial score (nSPS) is 10.9. The summed E-state index contributed by atoms with van der Waals surface area (Å²) in [6.45, 7) is 5.52. The minimum absolute atomic E-state index is 0.153. The molecule has 0 atom stereocenters. The summed E-state index contributed by atoms with van der Waals surface area (Å²) < 4.78 is 0.854. The van der Waals surface area contributed by atoms with E-state index in [-0.39, 0.29) is 5.56 Å². The molecule has 2 rings (SSSR count). The van der Waals surface area contributed by atoms with Crippen LogP contribution in [0.5, 0.6) is 0 Å². The number of nitrogens with two attached hydrogens (primary N) is 1. The van der Waals surface area contributed by atoms with Crippen LogP contribution in [0, 0.1) is 20.8 Å². The molecule has 2 heterocycles. The van der Waals surface area contributed by atoms with Gasteiger partial charge in [-0.15, -0.1) is 11.3 Å². The predicted octanol–water partition coefficient (Wildman–Crippen LogP) is 1.61. The Balaban J connectivity index is 3.02. The highest BCUT2D eigenvalue weighted by Gasteiger charge is 2.17. The van der Waals surface area contributed by atoms with Gasteiger partial charge in [-0.2, -0.15) is 0 Å². The highest BCUT2D eigenvalue weighted by Crippen LogP contribution is 2.30. The van der Waals surface area contributed by atoms with Crippen LogP contribution in [0.1, 0.15) is 26.5 Å². The predicted molar refractivity (Wildman–Crippen MR) is 65.2 cm³/mol. The van der Waals surface area contributed by atoms with Crippen molar-refractivity contribution < 1.29 is 4.79 Å². The Bertz CT molecular complexity index is 652. The molecule has 1 amide bonds. The lowest BCUT2D eigenvalue weighted by Crippen LogP contribution is -2.12. The molecule has 0 saturated carbocycles. The maximum atomic E-state index is 11.8. The Hall–Kier alpha value is -1.62. The van der Waals surface area contributed by atoms with Gasteiger partial charge < -0.3 is 10.7 Å². The first-order valence-electron chi connectivity index (χ1n) is 4.86. The number of nitrogens with one attached hydrogen (secondary N) is 1. The molecule has 0 radical (unpaired) electrons. The van der Waals surface area contributed by atoms with Gasteiger partial charge in [0.15, 0.2) is 0 Å². The van der Waals surface area contributed by atoms with Gasteiger partial charge in [0.1, 0.15) is 0 Å². The van der Waals surface area contributed by atoms with E-state index in [1.807, 2.05) is 13.8 Å². The number of rotatable bonds is 1. The molecule has 4 nitrogen and oxygen atoms in total. The molecule has 0 aliphatic rings. The monoisotopic (exact) mass is 236 g/mol. The summed E-state index contributed by atoms with van der Waals surface area (Å²) in [4.78, 5) is 26.3. The van der Waals surface area contributed by atoms with E-state index < -0.39 is 5.91 Å². The number of primary amides is 1. The van der Waals surface area contributed by atoms with E-state index >= 15 is 0 Å². The largest absolute Gasteiger partial charge is 0.365 e. The number of thiophene rings is 1. The van der Waals surface area contributed by atoms with Crippen molar-refractivity contribution in [2.75, 3.05) is 0 Å². The first-order chi connectivity index (χ1) is 7.43. The molecule has 0 fully saturated rings. The van der Waals surface area contributed by atoms with E-state index in [1.165, 1.54) is 11.3 Å². The molecule has 0 aliphatic carbocycles. The molecule has 0 saturated heterocycles. The standard InChI is InChI=1S/C11H12N2O2S/c1-4-6(3)13-11(15)7-5(2)9(10(12)14)16-8(4)7/h1-3H3,(H2,12,14)(H,13,15). The molecule has 0 aromatic carbocycles.